The van der Waals surface area contributed by atoms with E-state index in [0.29, 0.717) is 23.6 Å². The molecule has 21 heavy (non-hydrogen) atoms. The van der Waals surface area contributed by atoms with Gasteiger partial charge < -0.3 is 15.2 Å². The van der Waals surface area contributed by atoms with Gasteiger partial charge in [0, 0.05) is 18.8 Å². The first-order valence-corrected chi connectivity index (χ1v) is 7.05. The first kappa shape index (κ1) is 13.7. The molecule has 0 saturated heterocycles. The summed E-state index contributed by atoms with van der Waals surface area (Å²) in [5.41, 5.74) is 8.59. The van der Waals surface area contributed by atoms with Crippen molar-refractivity contribution in [3.63, 3.8) is 0 Å². The van der Waals surface area contributed by atoms with Crippen LogP contribution in [0.15, 0.2) is 30.5 Å². The highest BCUT2D eigenvalue weighted by Gasteiger charge is 2.28. The molecule has 0 bridgehead atoms. The molecule has 0 unspecified atom stereocenters. The number of nitrogen functional groups attached to an aromatic ring is 1. The van der Waals surface area contributed by atoms with E-state index >= 15 is 0 Å². The van der Waals surface area contributed by atoms with Crippen LogP contribution in [0.1, 0.15) is 35.9 Å². The molecule has 2 aromatic rings. The lowest BCUT2D eigenvalue weighted by Gasteiger charge is -2.20. The van der Waals surface area contributed by atoms with Crippen molar-refractivity contribution in [3.05, 3.63) is 47.5 Å². The highest BCUT2D eigenvalue weighted by atomic mass is 19.1. The molecule has 0 saturated carbocycles. The molecular weight excluding hydrogens is 269 g/mol. The molecule has 1 aromatic heterocycles. The van der Waals surface area contributed by atoms with Crippen LogP contribution in [0.5, 0.6) is 0 Å². The van der Waals surface area contributed by atoms with Crippen LogP contribution in [0.4, 0.5) is 15.8 Å². The third-order valence-electron chi connectivity index (χ3n) is 3.83. The molecule has 1 aliphatic heterocycles. The molecule has 0 atom stereocenters. The van der Waals surface area contributed by atoms with Crippen LogP contribution in [0.25, 0.3) is 0 Å². The maximum absolute atomic E-state index is 13.4. The molecular formula is C16H18FN3O. The summed E-state index contributed by atoms with van der Waals surface area (Å²) in [6.07, 6.45) is 2.51. The highest BCUT2D eigenvalue weighted by Crippen LogP contribution is 2.31. The summed E-state index contributed by atoms with van der Waals surface area (Å²) in [5.74, 6) is -0.461. The first-order chi connectivity index (χ1) is 9.97. The zero-order chi connectivity index (χ0) is 15.1. The highest BCUT2D eigenvalue weighted by molar-refractivity contribution is 6.06. The molecule has 2 N–H and O–H groups in total. The number of aromatic nitrogens is 1. The fourth-order valence-corrected chi connectivity index (χ4v) is 2.80. The maximum atomic E-state index is 13.4. The van der Waals surface area contributed by atoms with Crippen molar-refractivity contribution in [2.45, 2.75) is 26.3 Å². The average molecular weight is 287 g/mol. The number of amides is 1. The van der Waals surface area contributed by atoms with Crippen molar-refractivity contribution in [1.82, 2.24) is 4.57 Å². The topological polar surface area (TPSA) is 51.3 Å². The summed E-state index contributed by atoms with van der Waals surface area (Å²) >= 11 is 0. The number of rotatable bonds is 2. The van der Waals surface area contributed by atoms with E-state index in [1.54, 1.807) is 23.2 Å². The Morgan fingerprint density at radius 1 is 1.33 bits per heavy atom. The lowest BCUT2D eigenvalue weighted by molar-refractivity contribution is 0.0979. The lowest BCUT2D eigenvalue weighted by atomic mass is 10.1. The maximum Gasteiger partial charge on any atom is 0.274 e. The summed E-state index contributed by atoms with van der Waals surface area (Å²) in [6.45, 7) is 4.56. The Labute approximate surface area is 123 Å². The minimum atomic E-state index is -0.327. The molecule has 0 aliphatic carbocycles. The fraction of sp³-hybridized carbons (Fsp3) is 0.312. The summed E-state index contributed by atoms with van der Waals surface area (Å²) in [6, 6.07) is 6.41. The van der Waals surface area contributed by atoms with Crippen molar-refractivity contribution in [2.75, 3.05) is 17.2 Å². The number of fused-ring (bicyclic) bond motifs is 1. The van der Waals surface area contributed by atoms with Gasteiger partial charge in [0.25, 0.3) is 5.91 Å². The first-order valence-electron chi connectivity index (χ1n) is 7.05. The molecule has 2 heterocycles. The second-order valence-corrected chi connectivity index (χ2v) is 5.64. The Hall–Kier alpha value is -2.30. The van der Waals surface area contributed by atoms with Gasteiger partial charge in [-0.3, -0.25) is 4.79 Å². The number of nitrogens with two attached hydrogens (primary N) is 1. The van der Waals surface area contributed by atoms with E-state index < -0.39 is 0 Å². The number of carbonyl (C=O) groups excluding carboxylic acids is 1. The van der Waals surface area contributed by atoms with E-state index in [9.17, 15) is 9.18 Å². The Morgan fingerprint density at radius 2 is 2.10 bits per heavy atom. The number of hydrogen-bond donors (Lipinski definition) is 1. The fourth-order valence-electron chi connectivity index (χ4n) is 2.80. The lowest BCUT2D eigenvalue weighted by Crippen LogP contribution is -2.31. The Bertz CT molecular complexity index is 706. The average Bonchev–Trinajstić information content (AvgIpc) is 3.01. The normalized spacial score (nSPS) is 13.8. The van der Waals surface area contributed by atoms with Gasteiger partial charge in [-0.1, -0.05) is 6.07 Å². The van der Waals surface area contributed by atoms with E-state index in [-0.39, 0.29) is 17.8 Å². The molecule has 5 heteroatoms. The van der Waals surface area contributed by atoms with E-state index in [0.717, 1.165) is 12.0 Å². The van der Waals surface area contributed by atoms with Crippen molar-refractivity contribution < 1.29 is 9.18 Å². The van der Waals surface area contributed by atoms with Crippen molar-refractivity contribution >= 4 is 17.3 Å². The molecule has 0 radical (unpaired) electrons. The van der Waals surface area contributed by atoms with E-state index in [1.807, 2.05) is 18.4 Å². The van der Waals surface area contributed by atoms with E-state index in [2.05, 4.69) is 0 Å². The number of anilines is 2. The molecule has 1 aliphatic rings. The van der Waals surface area contributed by atoms with E-state index in [1.165, 1.54) is 12.1 Å². The van der Waals surface area contributed by atoms with Crippen molar-refractivity contribution in [1.29, 1.82) is 0 Å². The number of carbonyl (C=O) groups is 1. The summed E-state index contributed by atoms with van der Waals surface area (Å²) in [4.78, 5) is 14.4. The Morgan fingerprint density at radius 3 is 2.81 bits per heavy atom. The molecule has 110 valence electrons. The number of hydrogen-bond acceptors (Lipinski definition) is 2. The standard InChI is InChI=1S/C16H18FN3O/c1-10(2)20-9-13(18)8-15(20)16(21)19-6-5-11-3-4-12(17)7-14(11)19/h3-4,7-10H,5-6,18H2,1-2H3. The predicted molar refractivity (Wildman–Crippen MR) is 81.0 cm³/mol. The number of benzene rings is 1. The largest absolute Gasteiger partial charge is 0.397 e. The predicted octanol–water partition coefficient (Wildman–Crippen LogP) is 2.99. The second kappa shape index (κ2) is 4.91. The SMILES string of the molecule is CC(C)n1cc(N)cc1C(=O)N1CCc2ccc(F)cc21. The third kappa shape index (κ3) is 2.28. The van der Waals surface area contributed by atoms with Crippen LogP contribution >= 0.6 is 0 Å². The van der Waals surface area contributed by atoms with Gasteiger partial charge in [-0.05, 0) is 44.0 Å². The van der Waals surface area contributed by atoms with Crippen molar-refractivity contribution in [3.8, 4) is 0 Å². The summed E-state index contributed by atoms with van der Waals surface area (Å²) < 4.78 is 15.3. The zero-order valence-corrected chi connectivity index (χ0v) is 12.1. The Balaban J connectivity index is 2.00. The zero-order valence-electron chi connectivity index (χ0n) is 12.1. The third-order valence-corrected chi connectivity index (χ3v) is 3.83. The monoisotopic (exact) mass is 287 g/mol. The van der Waals surface area contributed by atoms with Gasteiger partial charge in [0.05, 0.1) is 11.4 Å². The number of nitrogens with zero attached hydrogens (tertiary/aromatic N) is 2. The van der Waals surface area contributed by atoms with Gasteiger partial charge in [-0.25, -0.2) is 4.39 Å². The summed E-state index contributed by atoms with van der Waals surface area (Å²) in [5, 5.41) is 0. The van der Waals surface area contributed by atoms with Gasteiger partial charge in [-0.2, -0.15) is 0 Å². The van der Waals surface area contributed by atoms with Gasteiger partial charge >= 0.3 is 0 Å². The summed E-state index contributed by atoms with van der Waals surface area (Å²) in [7, 11) is 0. The molecule has 4 nitrogen and oxygen atoms in total. The van der Waals surface area contributed by atoms with Gasteiger partial charge in [-0.15, -0.1) is 0 Å². The molecule has 1 aromatic carbocycles. The number of halogens is 1. The molecule has 3 rings (SSSR count). The minimum Gasteiger partial charge on any atom is -0.397 e. The molecule has 1 amide bonds. The van der Waals surface area contributed by atoms with Gasteiger partial charge in [0.15, 0.2) is 0 Å². The van der Waals surface area contributed by atoms with Gasteiger partial charge in [0.2, 0.25) is 0 Å². The van der Waals surface area contributed by atoms with Crippen LogP contribution in [0.2, 0.25) is 0 Å². The van der Waals surface area contributed by atoms with Crippen LogP contribution in [-0.4, -0.2) is 17.0 Å². The quantitative estimate of drug-likeness (QED) is 0.923. The van der Waals surface area contributed by atoms with E-state index in [4.69, 9.17) is 5.73 Å². The van der Waals surface area contributed by atoms with Crippen LogP contribution in [0, 0.1) is 5.82 Å². The Kier molecular flexibility index (Phi) is 3.20. The minimum absolute atomic E-state index is 0.134. The van der Waals surface area contributed by atoms with Crippen LogP contribution in [-0.2, 0) is 6.42 Å². The van der Waals surface area contributed by atoms with Crippen molar-refractivity contribution in [2.24, 2.45) is 0 Å². The van der Waals surface area contributed by atoms with Crippen LogP contribution in [0.3, 0.4) is 0 Å². The smallest absolute Gasteiger partial charge is 0.274 e. The molecule has 0 fully saturated rings. The second-order valence-electron chi connectivity index (χ2n) is 5.64. The molecule has 0 spiro atoms. The van der Waals surface area contributed by atoms with Gasteiger partial charge in [0.1, 0.15) is 11.5 Å². The van der Waals surface area contributed by atoms with Crippen LogP contribution < -0.4 is 10.6 Å².